The SMILES string of the molecule is CCOCC(=O)CSc1ccccc1C. The second kappa shape index (κ2) is 6.64. The zero-order valence-corrected chi connectivity index (χ0v) is 9.97. The summed E-state index contributed by atoms with van der Waals surface area (Å²) < 4.78 is 5.05. The van der Waals surface area contributed by atoms with Crippen molar-refractivity contribution in [1.82, 2.24) is 0 Å². The highest BCUT2D eigenvalue weighted by atomic mass is 32.2. The molecule has 82 valence electrons. The Labute approximate surface area is 95.0 Å². The van der Waals surface area contributed by atoms with Crippen LogP contribution in [0.1, 0.15) is 12.5 Å². The molecule has 0 fully saturated rings. The number of Topliss-reactive ketones (excluding diaryl/α,β-unsaturated/α-hetero) is 1. The number of aryl methyl sites for hydroxylation is 1. The minimum Gasteiger partial charge on any atom is -0.374 e. The van der Waals surface area contributed by atoms with E-state index >= 15 is 0 Å². The summed E-state index contributed by atoms with van der Waals surface area (Å²) in [5.41, 5.74) is 1.21. The van der Waals surface area contributed by atoms with Gasteiger partial charge in [-0.1, -0.05) is 18.2 Å². The summed E-state index contributed by atoms with van der Waals surface area (Å²) in [5.74, 6) is 0.635. The summed E-state index contributed by atoms with van der Waals surface area (Å²) in [6.45, 7) is 4.77. The molecular formula is C12H16O2S. The van der Waals surface area contributed by atoms with E-state index in [4.69, 9.17) is 4.74 Å². The zero-order valence-electron chi connectivity index (χ0n) is 9.16. The summed E-state index contributed by atoms with van der Waals surface area (Å²) in [6.07, 6.45) is 0. The van der Waals surface area contributed by atoms with Crippen molar-refractivity contribution in [2.75, 3.05) is 19.0 Å². The molecule has 0 bridgehead atoms. The molecule has 0 unspecified atom stereocenters. The summed E-state index contributed by atoms with van der Waals surface area (Å²) in [4.78, 5) is 12.5. The summed E-state index contributed by atoms with van der Waals surface area (Å²) in [6, 6.07) is 8.08. The minimum absolute atomic E-state index is 0.144. The van der Waals surface area contributed by atoms with Crippen LogP contribution in [0.2, 0.25) is 0 Å². The molecule has 1 aromatic carbocycles. The maximum Gasteiger partial charge on any atom is 0.168 e. The molecule has 15 heavy (non-hydrogen) atoms. The Hall–Kier alpha value is -0.800. The van der Waals surface area contributed by atoms with Crippen molar-refractivity contribution in [2.24, 2.45) is 0 Å². The van der Waals surface area contributed by atoms with Crippen LogP contribution in [0.15, 0.2) is 29.2 Å². The molecule has 2 nitrogen and oxygen atoms in total. The topological polar surface area (TPSA) is 26.3 Å². The molecule has 0 N–H and O–H groups in total. The van der Waals surface area contributed by atoms with Gasteiger partial charge in [0.25, 0.3) is 0 Å². The molecule has 0 aromatic heterocycles. The summed E-state index contributed by atoms with van der Waals surface area (Å²) in [7, 11) is 0. The lowest BCUT2D eigenvalue weighted by Crippen LogP contribution is -2.10. The Bertz CT molecular complexity index is 323. The van der Waals surface area contributed by atoms with Gasteiger partial charge in [0.2, 0.25) is 0 Å². The number of ether oxygens (including phenoxy) is 1. The van der Waals surface area contributed by atoms with Crippen molar-refractivity contribution in [3.05, 3.63) is 29.8 Å². The van der Waals surface area contributed by atoms with Crippen molar-refractivity contribution in [3.8, 4) is 0 Å². The van der Waals surface area contributed by atoms with Gasteiger partial charge in [-0.3, -0.25) is 4.79 Å². The largest absolute Gasteiger partial charge is 0.374 e. The maximum absolute atomic E-state index is 11.3. The van der Waals surface area contributed by atoms with Gasteiger partial charge in [0.15, 0.2) is 5.78 Å². The first kappa shape index (κ1) is 12.3. The Morgan fingerprint density at radius 1 is 1.40 bits per heavy atom. The number of carbonyl (C=O) groups excluding carboxylic acids is 1. The number of ketones is 1. The Morgan fingerprint density at radius 2 is 2.13 bits per heavy atom. The van der Waals surface area contributed by atoms with Crippen molar-refractivity contribution in [2.45, 2.75) is 18.7 Å². The highest BCUT2D eigenvalue weighted by Crippen LogP contribution is 2.21. The van der Waals surface area contributed by atoms with Crippen LogP contribution in [-0.2, 0) is 9.53 Å². The lowest BCUT2D eigenvalue weighted by Gasteiger charge is -2.04. The Morgan fingerprint density at radius 3 is 2.80 bits per heavy atom. The van der Waals surface area contributed by atoms with Gasteiger partial charge < -0.3 is 4.74 Å². The number of hydrogen-bond donors (Lipinski definition) is 0. The van der Waals surface area contributed by atoms with E-state index < -0.39 is 0 Å². The second-order valence-electron chi connectivity index (χ2n) is 3.23. The van der Waals surface area contributed by atoms with Gasteiger partial charge in [-0.25, -0.2) is 0 Å². The van der Waals surface area contributed by atoms with Gasteiger partial charge in [0.05, 0.1) is 5.75 Å². The third kappa shape index (κ3) is 4.49. The quantitative estimate of drug-likeness (QED) is 0.695. The van der Waals surface area contributed by atoms with Gasteiger partial charge in [0, 0.05) is 11.5 Å². The normalized spacial score (nSPS) is 10.3. The smallest absolute Gasteiger partial charge is 0.168 e. The zero-order chi connectivity index (χ0) is 11.1. The Kier molecular flexibility index (Phi) is 5.43. The fraction of sp³-hybridized carbons (Fsp3) is 0.417. The Balaban J connectivity index is 2.37. The molecule has 3 heteroatoms. The highest BCUT2D eigenvalue weighted by molar-refractivity contribution is 8.00. The van der Waals surface area contributed by atoms with Crippen molar-refractivity contribution in [3.63, 3.8) is 0 Å². The number of thioether (sulfide) groups is 1. The van der Waals surface area contributed by atoms with Crippen molar-refractivity contribution >= 4 is 17.5 Å². The van der Waals surface area contributed by atoms with E-state index in [9.17, 15) is 4.79 Å². The molecule has 1 rings (SSSR count). The van der Waals surface area contributed by atoms with Crippen LogP contribution in [-0.4, -0.2) is 24.7 Å². The van der Waals surface area contributed by atoms with Gasteiger partial charge in [-0.2, -0.15) is 0 Å². The average Bonchev–Trinajstić information content (AvgIpc) is 2.25. The molecule has 0 saturated carbocycles. The van der Waals surface area contributed by atoms with E-state index in [0.29, 0.717) is 12.4 Å². The fourth-order valence-electron chi connectivity index (χ4n) is 1.13. The van der Waals surface area contributed by atoms with E-state index in [1.807, 2.05) is 25.1 Å². The van der Waals surface area contributed by atoms with Gasteiger partial charge in [-0.05, 0) is 25.5 Å². The van der Waals surface area contributed by atoms with Crippen LogP contribution < -0.4 is 0 Å². The fourth-order valence-corrected chi connectivity index (χ4v) is 2.00. The van der Waals surface area contributed by atoms with Gasteiger partial charge in [0.1, 0.15) is 6.61 Å². The number of carbonyl (C=O) groups is 1. The van der Waals surface area contributed by atoms with Gasteiger partial charge in [-0.15, -0.1) is 11.8 Å². The average molecular weight is 224 g/mol. The van der Waals surface area contributed by atoms with Crippen LogP contribution in [0.25, 0.3) is 0 Å². The molecule has 0 saturated heterocycles. The highest BCUT2D eigenvalue weighted by Gasteiger charge is 2.04. The molecule has 0 radical (unpaired) electrons. The molecule has 1 aromatic rings. The molecule has 0 aliphatic rings. The van der Waals surface area contributed by atoms with E-state index in [1.54, 1.807) is 11.8 Å². The van der Waals surface area contributed by atoms with E-state index in [-0.39, 0.29) is 12.4 Å². The molecular weight excluding hydrogens is 208 g/mol. The van der Waals surface area contributed by atoms with Crippen LogP contribution in [0, 0.1) is 6.92 Å². The van der Waals surface area contributed by atoms with Crippen molar-refractivity contribution < 1.29 is 9.53 Å². The molecule has 0 atom stereocenters. The third-order valence-corrected chi connectivity index (χ3v) is 3.18. The lowest BCUT2D eigenvalue weighted by atomic mass is 10.2. The van der Waals surface area contributed by atoms with Gasteiger partial charge >= 0.3 is 0 Å². The predicted molar refractivity (Wildman–Crippen MR) is 63.4 cm³/mol. The molecule has 0 heterocycles. The van der Waals surface area contributed by atoms with Crippen LogP contribution in [0.4, 0.5) is 0 Å². The van der Waals surface area contributed by atoms with Crippen LogP contribution in [0.3, 0.4) is 0 Å². The first-order valence-electron chi connectivity index (χ1n) is 5.02. The molecule has 0 aliphatic carbocycles. The second-order valence-corrected chi connectivity index (χ2v) is 4.25. The van der Waals surface area contributed by atoms with E-state index in [1.165, 1.54) is 10.5 Å². The van der Waals surface area contributed by atoms with Crippen LogP contribution in [0.5, 0.6) is 0 Å². The van der Waals surface area contributed by atoms with Crippen LogP contribution >= 0.6 is 11.8 Å². The number of rotatable bonds is 6. The predicted octanol–water partition coefficient (Wildman–Crippen LogP) is 2.69. The standard InChI is InChI=1S/C12H16O2S/c1-3-14-8-11(13)9-15-12-7-5-4-6-10(12)2/h4-7H,3,8-9H2,1-2H3. The summed E-state index contributed by atoms with van der Waals surface area (Å²) >= 11 is 1.58. The maximum atomic E-state index is 11.3. The summed E-state index contributed by atoms with van der Waals surface area (Å²) in [5, 5.41) is 0. The first-order chi connectivity index (χ1) is 7.24. The minimum atomic E-state index is 0.144. The third-order valence-electron chi connectivity index (χ3n) is 1.95. The molecule has 0 spiro atoms. The first-order valence-corrected chi connectivity index (χ1v) is 6.00. The van der Waals surface area contributed by atoms with Crippen molar-refractivity contribution in [1.29, 1.82) is 0 Å². The van der Waals surface area contributed by atoms with E-state index in [2.05, 4.69) is 13.0 Å². The van der Waals surface area contributed by atoms with E-state index in [0.717, 1.165) is 0 Å². The number of hydrogen-bond acceptors (Lipinski definition) is 3. The lowest BCUT2D eigenvalue weighted by molar-refractivity contribution is -0.120. The molecule has 0 aliphatic heterocycles. The number of benzene rings is 1. The molecule has 0 amide bonds. The monoisotopic (exact) mass is 224 g/mol.